The van der Waals surface area contributed by atoms with Crippen molar-refractivity contribution in [2.45, 2.75) is 38.1 Å². The number of aromatic nitrogens is 5. The zero-order valence-electron chi connectivity index (χ0n) is 13.4. The van der Waals surface area contributed by atoms with E-state index in [2.05, 4.69) is 25.8 Å². The van der Waals surface area contributed by atoms with Crippen molar-refractivity contribution in [2.75, 3.05) is 5.32 Å². The minimum atomic E-state index is -0.191. The van der Waals surface area contributed by atoms with Gasteiger partial charge in [-0.15, -0.1) is 15.3 Å². The summed E-state index contributed by atoms with van der Waals surface area (Å²) < 4.78 is 1.30. The lowest BCUT2D eigenvalue weighted by atomic mass is 10.2. The van der Waals surface area contributed by atoms with Gasteiger partial charge in [0.15, 0.2) is 0 Å². The highest BCUT2D eigenvalue weighted by Gasteiger charge is 2.27. The van der Waals surface area contributed by atoms with Crippen LogP contribution in [0.25, 0.3) is 10.9 Å². The van der Waals surface area contributed by atoms with E-state index in [0.717, 1.165) is 17.8 Å². The fraction of sp³-hybridized carbons (Fsp3) is 0.375. The van der Waals surface area contributed by atoms with Gasteiger partial charge >= 0.3 is 0 Å². The third-order valence-corrected chi connectivity index (χ3v) is 5.02. The number of nitrogens with zero attached hydrogens (tertiary/aromatic N) is 5. The Morgan fingerprint density at radius 2 is 2.08 bits per heavy atom. The number of benzene rings is 1. The number of hydrogen-bond acceptors (Lipinski definition) is 7. The van der Waals surface area contributed by atoms with Crippen molar-refractivity contribution >= 4 is 33.3 Å². The lowest BCUT2D eigenvalue weighted by molar-refractivity contribution is -0.116. The van der Waals surface area contributed by atoms with Crippen LogP contribution in [0.4, 0.5) is 5.13 Å². The van der Waals surface area contributed by atoms with E-state index in [9.17, 15) is 9.59 Å². The molecule has 1 amide bonds. The molecule has 128 valence electrons. The van der Waals surface area contributed by atoms with Crippen LogP contribution in [0.15, 0.2) is 29.1 Å². The standard InChI is InChI=1S/C16H16N6O2S/c23-13(17-16-20-19-14(25-16)10-7-8-10)6-3-9-22-15(24)11-4-1-2-5-12(11)18-21-22/h1-2,4-5,10H,3,6-9H2,(H,17,20,23). The molecule has 1 aliphatic carbocycles. The van der Waals surface area contributed by atoms with E-state index in [-0.39, 0.29) is 17.9 Å². The van der Waals surface area contributed by atoms with E-state index in [0.29, 0.717) is 34.9 Å². The predicted molar refractivity (Wildman–Crippen MR) is 93.5 cm³/mol. The van der Waals surface area contributed by atoms with Gasteiger partial charge in [0.25, 0.3) is 5.56 Å². The highest BCUT2D eigenvalue weighted by atomic mass is 32.1. The van der Waals surface area contributed by atoms with Crippen molar-refractivity contribution in [1.29, 1.82) is 0 Å². The number of aryl methyl sites for hydroxylation is 1. The molecule has 0 spiro atoms. The zero-order valence-corrected chi connectivity index (χ0v) is 14.2. The smallest absolute Gasteiger partial charge is 0.277 e. The summed E-state index contributed by atoms with van der Waals surface area (Å²) in [5.41, 5.74) is 0.383. The fourth-order valence-electron chi connectivity index (χ4n) is 2.52. The Morgan fingerprint density at radius 1 is 1.24 bits per heavy atom. The second-order valence-electron chi connectivity index (χ2n) is 6.01. The number of nitrogens with one attached hydrogen (secondary N) is 1. The maximum atomic E-state index is 12.3. The van der Waals surface area contributed by atoms with Crippen LogP contribution in [0, 0.1) is 0 Å². The topological polar surface area (TPSA) is 103 Å². The van der Waals surface area contributed by atoms with Crippen LogP contribution < -0.4 is 10.9 Å². The van der Waals surface area contributed by atoms with E-state index in [1.54, 1.807) is 18.2 Å². The van der Waals surface area contributed by atoms with Crippen molar-refractivity contribution in [2.24, 2.45) is 0 Å². The van der Waals surface area contributed by atoms with Crippen LogP contribution in [0.3, 0.4) is 0 Å². The predicted octanol–water partition coefficient (Wildman–Crippen LogP) is 1.94. The van der Waals surface area contributed by atoms with Crippen LogP contribution in [-0.2, 0) is 11.3 Å². The molecule has 4 rings (SSSR count). The Hall–Kier alpha value is -2.68. The molecule has 1 fully saturated rings. The molecule has 1 aliphatic rings. The second kappa shape index (κ2) is 6.67. The van der Waals surface area contributed by atoms with Gasteiger partial charge in [0.05, 0.1) is 5.39 Å². The van der Waals surface area contributed by atoms with Gasteiger partial charge in [-0.1, -0.05) is 28.7 Å². The van der Waals surface area contributed by atoms with Crippen molar-refractivity contribution < 1.29 is 4.79 Å². The van der Waals surface area contributed by atoms with Gasteiger partial charge < -0.3 is 5.32 Å². The number of carbonyl (C=O) groups is 1. The molecule has 9 heteroatoms. The fourth-order valence-corrected chi connectivity index (χ4v) is 3.45. The Balaban J connectivity index is 1.33. The first-order valence-electron chi connectivity index (χ1n) is 8.16. The lowest BCUT2D eigenvalue weighted by Gasteiger charge is -2.04. The Labute approximate surface area is 146 Å². The van der Waals surface area contributed by atoms with Crippen LogP contribution in [0.1, 0.15) is 36.6 Å². The monoisotopic (exact) mass is 356 g/mol. The molecule has 0 radical (unpaired) electrons. The molecule has 2 aromatic heterocycles. The molecule has 0 bridgehead atoms. The van der Waals surface area contributed by atoms with E-state index >= 15 is 0 Å². The number of carbonyl (C=O) groups excluding carboxylic acids is 1. The highest BCUT2D eigenvalue weighted by Crippen LogP contribution is 2.42. The molecule has 1 aromatic carbocycles. The summed E-state index contributed by atoms with van der Waals surface area (Å²) in [5, 5.41) is 20.8. The van der Waals surface area contributed by atoms with Gasteiger partial charge in [0.2, 0.25) is 11.0 Å². The summed E-state index contributed by atoms with van der Waals surface area (Å²) in [4.78, 5) is 24.3. The van der Waals surface area contributed by atoms with Crippen LogP contribution in [0.2, 0.25) is 0 Å². The molecule has 3 aromatic rings. The van der Waals surface area contributed by atoms with E-state index < -0.39 is 0 Å². The van der Waals surface area contributed by atoms with Crippen molar-refractivity contribution in [3.8, 4) is 0 Å². The van der Waals surface area contributed by atoms with Crippen LogP contribution >= 0.6 is 11.3 Å². The summed E-state index contributed by atoms with van der Waals surface area (Å²) in [5.74, 6) is 0.391. The average Bonchev–Trinajstić information content (AvgIpc) is 3.37. The van der Waals surface area contributed by atoms with Crippen LogP contribution in [-0.4, -0.2) is 31.1 Å². The van der Waals surface area contributed by atoms with Crippen molar-refractivity contribution in [3.63, 3.8) is 0 Å². The number of anilines is 1. The molecular weight excluding hydrogens is 340 g/mol. The quantitative estimate of drug-likeness (QED) is 0.724. The number of rotatable bonds is 6. The highest BCUT2D eigenvalue weighted by molar-refractivity contribution is 7.15. The van der Waals surface area contributed by atoms with E-state index in [1.165, 1.54) is 16.0 Å². The van der Waals surface area contributed by atoms with Crippen molar-refractivity contribution in [1.82, 2.24) is 25.2 Å². The Kier molecular flexibility index (Phi) is 4.22. The Bertz CT molecular complexity index is 978. The number of fused-ring (bicyclic) bond motifs is 1. The lowest BCUT2D eigenvalue weighted by Crippen LogP contribution is -2.25. The third-order valence-electron chi connectivity index (χ3n) is 4.02. The first-order valence-corrected chi connectivity index (χ1v) is 8.98. The first kappa shape index (κ1) is 15.8. The Morgan fingerprint density at radius 3 is 2.92 bits per heavy atom. The molecule has 1 saturated carbocycles. The summed E-state index contributed by atoms with van der Waals surface area (Å²) in [6.45, 7) is 0.341. The molecule has 0 atom stereocenters. The molecule has 0 aliphatic heterocycles. The van der Waals surface area contributed by atoms with E-state index in [4.69, 9.17) is 0 Å². The van der Waals surface area contributed by atoms with E-state index in [1.807, 2.05) is 6.07 Å². The minimum Gasteiger partial charge on any atom is -0.301 e. The molecule has 25 heavy (non-hydrogen) atoms. The van der Waals surface area contributed by atoms with Gasteiger partial charge in [-0.25, -0.2) is 4.68 Å². The van der Waals surface area contributed by atoms with Gasteiger partial charge in [-0.3, -0.25) is 9.59 Å². The number of hydrogen-bond donors (Lipinski definition) is 1. The molecule has 0 saturated heterocycles. The van der Waals surface area contributed by atoms with Gasteiger partial charge in [0.1, 0.15) is 10.5 Å². The SMILES string of the molecule is O=C(CCCn1nnc2ccccc2c1=O)Nc1nnc(C2CC2)s1. The zero-order chi connectivity index (χ0) is 17.2. The minimum absolute atomic E-state index is 0.139. The summed E-state index contributed by atoms with van der Waals surface area (Å²) in [6, 6.07) is 7.08. The number of amides is 1. The molecule has 0 unspecified atom stereocenters. The largest absolute Gasteiger partial charge is 0.301 e. The maximum Gasteiger partial charge on any atom is 0.277 e. The van der Waals surface area contributed by atoms with Gasteiger partial charge in [-0.2, -0.15) is 0 Å². The third kappa shape index (κ3) is 3.55. The summed E-state index contributed by atoms with van der Waals surface area (Å²) >= 11 is 1.43. The summed E-state index contributed by atoms with van der Waals surface area (Å²) in [7, 11) is 0. The molecule has 2 heterocycles. The van der Waals surface area contributed by atoms with Gasteiger partial charge in [0, 0.05) is 18.9 Å². The first-order chi connectivity index (χ1) is 12.2. The summed E-state index contributed by atoms with van der Waals surface area (Å²) in [6.07, 6.45) is 3.08. The van der Waals surface area contributed by atoms with Crippen molar-refractivity contribution in [3.05, 3.63) is 39.6 Å². The normalized spacial score (nSPS) is 13.9. The maximum absolute atomic E-state index is 12.3. The van der Waals surface area contributed by atoms with Crippen LogP contribution in [0.5, 0.6) is 0 Å². The molecule has 1 N–H and O–H groups in total. The second-order valence-corrected chi connectivity index (χ2v) is 7.02. The molecule has 8 nitrogen and oxygen atoms in total. The molecular formula is C16H16N6O2S. The van der Waals surface area contributed by atoms with Gasteiger partial charge in [-0.05, 0) is 31.4 Å². The average molecular weight is 356 g/mol.